The highest BCUT2D eigenvalue weighted by Gasteiger charge is 2.07. The van der Waals surface area contributed by atoms with E-state index in [-0.39, 0.29) is 12.0 Å². The summed E-state index contributed by atoms with van der Waals surface area (Å²) >= 11 is 0. The normalized spacial score (nSPS) is 10.3. The SMILES string of the molecule is CCOC(=O)c1ccc(NC(=O)Nc2ccc3ncccc3c2)cc1. The van der Waals surface area contributed by atoms with Gasteiger partial charge >= 0.3 is 12.0 Å². The number of hydrogen-bond donors (Lipinski definition) is 2. The fraction of sp³-hybridized carbons (Fsp3) is 0.105. The molecule has 2 aromatic carbocycles. The molecule has 0 atom stereocenters. The van der Waals surface area contributed by atoms with Crippen LogP contribution in [0.4, 0.5) is 16.2 Å². The van der Waals surface area contributed by atoms with Crippen molar-refractivity contribution < 1.29 is 14.3 Å². The van der Waals surface area contributed by atoms with Crippen LogP contribution >= 0.6 is 0 Å². The van der Waals surface area contributed by atoms with Gasteiger partial charge in [-0.2, -0.15) is 0 Å². The second kappa shape index (κ2) is 7.44. The molecule has 0 saturated carbocycles. The van der Waals surface area contributed by atoms with Crippen LogP contribution in [0, 0.1) is 0 Å². The van der Waals surface area contributed by atoms with Crippen LogP contribution in [0.3, 0.4) is 0 Å². The third-order valence-electron chi connectivity index (χ3n) is 3.51. The highest BCUT2D eigenvalue weighted by Crippen LogP contribution is 2.17. The molecule has 0 fully saturated rings. The Hall–Kier alpha value is -3.41. The average molecular weight is 335 g/mol. The number of nitrogens with zero attached hydrogens (tertiary/aromatic N) is 1. The molecule has 1 heterocycles. The van der Waals surface area contributed by atoms with Gasteiger partial charge < -0.3 is 15.4 Å². The summed E-state index contributed by atoms with van der Waals surface area (Å²) in [4.78, 5) is 27.9. The first-order chi connectivity index (χ1) is 12.2. The van der Waals surface area contributed by atoms with Gasteiger partial charge in [0.05, 0.1) is 17.7 Å². The van der Waals surface area contributed by atoms with Crippen molar-refractivity contribution in [1.29, 1.82) is 0 Å². The first-order valence-corrected chi connectivity index (χ1v) is 7.85. The van der Waals surface area contributed by atoms with E-state index in [1.165, 1.54) is 0 Å². The first-order valence-electron chi connectivity index (χ1n) is 7.85. The fourth-order valence-electron chi connectivity index (χ4n) is 2.35. The standard InChI is InChI=1S/C19H17N3O3/c1-2-25-18(23)13-5-7-15(8-6-13)21-19(24)22-16-9-10-17-14(12-16)4-3-11-20-17/h3-12H,2H2,1H3,(H2,21,22,24). The molecule has 2 amide bonds. The predicted molar refractivity (Wildman–Crippen MR) is 96.8 cm³/mol. The van der Waals surface area contributed by atoms with Gasteiger partial charge in [0.25, 0.3) is 0 Å². The smallest absolute Gasteiger partial charge is 0.338 e. The van der Waals surface area contributed by atoms with Crippen molar-refractivity contribution in [2.75, 3.05) is 17.2 Å². The van der Waals surface area contributed by atoms with Crippen LogP contribution in [0.1, 0.15) is 17.3 Å². The number of esters is 1. The van der Waals surface area contributed by atoms with E-state index in [9.17, 15) is 9.59 Å². The highest BCUT2D eigenvalue weighted by atomic mass is 16.5. The van der Waals surface area contributed by atoms with Crippen molar-refractivity contribution in [1.82, 2.24) is 4.98 Å². The molecule has 6 heteroatoms. The van der Waals surface area contributed by atoms with E-state index in [0.717, 1.165) is 10.9 Å². The lowest BCUT2D eigenvalue weighted by molar-refractivity contribution is 0.0526. The monoisotopic (exact) mass is 335 g/mol. The van der Waals surface area contributed by atoms with Gasteiger partial charge in [-0.15, -0.1) is 0 Å². The number of carbonyl (C=O) groups excluding carboxylic acids is 2. The molecule has 3 aromatic rings. The van der Waals surface area contributed by atoms with Gasteiger partial charge in [0.2, 0.25) is 0 Å². The quantitative estimate of drug-likeness (QED) is 0.705. The number of nitrogens with one attached hydrogen (secondary N) is 2. The summed E-state index contributed by atoms with van der Waals surface area (Å²) in [6, 6.07) is 15.4. The molecule has 1 aromatic heterocycles. The van der Waals surface area contributed by atoms with Crippen LogP contribution in [-0.2, 0) is 4.74 Å². The van der Waals surface area contributed by atoms with Crippen molar-refractivity contribution in [2.24, 2.45) is 0 Å². The number of anilines is 2. The summed E-state index contributed by atoms with van der Waals surface area (Å²) in [7, 11) is 0. The number of carbonyl (C=O) groups is 2. The number of urea groups is 1. The Morgan fingerprint density at radius 3 is 2.48 bits per heavy atom. The van der Waals surface area contributed by atoms with Gasteiger partial charge in [-0.05, 0) is 55.5 Å². The molecule has 0 aliphatic carbocycles. The van der Waals surface area contributed by atoms with E-state index in [1.54, 1.807) is 43.5 Å². The Morgan fingerprint density at radius 2 is 1.72 bits per heavy atom. The number of fused-ring (bicyclic) bond motifs is 1. The van der Waals surface area contributed by atoms with E-state index < -0.39 is 0 Å². The van der Waals surface area contributed by atoms with Crippen molar-refractivity contribution in [3.8, 4) is 0 Å². The molecule has 0 saturated heterocycles. The molecule has 0 aliphatic rings. The lowest BCUT2D eigenvalue weighted by Gasteiger charge is -2.09. The maximum Gasteiger partial charge on any atom is 0.338 e. The third kappa shape index (κ3) is 4.11. The first kappa shape index (κ1) is 16.4. The second-order valence-electron chi connectivity index (χ2n) is 5.29. The van der Waals surface area contributed by atoms with Gasteiger partial charge in [-0.1, -0.05) is 6.07 Å². The van der Waals surface area contributed by atoms with Crippen molar-refractivity contribution in [3.63, 3.8) is 0 Å². The van der Waals surface area contributed by atoms with E-state index in [2.05, 4.69) is 15.6 Å². The van der Waals surface area contributed by atoms with Crippen molar-refractivity contribution in [2.45, 2.75) is 6.92 Å². The Kier molecular flexibility index (Phi) is 4.89. The number of pyridine rings is 1. The molecule has 6 nitrogen and oxygen atoms in total. The van der Waals surface area contributed by atoms with E-state index in [0.29, 0.717) is 23.5 Å². The zero-order chi connectivity index (χ0) is 17.6. The molecule has 0 aliphatic heterocycles. The van der Waals surface area contributed by atoms with Gasteiger partial charge in [0, 0.05) is 23.0 Å². The molecular weight excluding hydrogens is 318 g/mol. The van der Waals surface area contributed by atoms with Crippen LogP contribution in [0.15, 0.2) is 60.8 Å². The summed E-state index contributed by atoms with van der Waals surface area (Å²) in [5, 5.41) is 6.43. The Balaban J connectivity index is 1.64. The van der Waals surface area contributed by atoms with Crippen LogP contribution in [0.5, 0.6) is 0 Å². The minimum absolute atomic E-state index is 0.322. The number of rotatable bonds is 4. The van der Waals surface area contributed by atoms with Crippen LogP contribution in [0.25, 0.3) is 10.9 Å². The third-order valence-corrected chi connectivity index (χ3v) is 3.51. The molecule has 3 rings (SSSR count). The zero-order valence-electron chi connectivity index (χ0n) is 13.7. The molecular formula is C19H17N3O3. The minimum atomic E-state index is -0.386. The number of ether oxygens (including phenoxy) is 1. The van der Waals surface area contributed by atoms with Gasteiger partial charge in [-0.3, -0.25) is 4.98 Å². The van der Waals surface area contributed by atoms with Gasteiger partial charge in [0.15, 0.2) is 0 Å². The van der Waals surface area contributed by atoms with Crippen molar-refractivity contribution in [3.05, 3.63) is 66.4 Å². The summed E-state index contributed by atoms with van der Waals surface area (Å²) in [6.45, 7) is 2.07. The van der Waals surface area contributed by atoms with Crippen LogP contribution in [0.2, 0.25) is 0 Å². The maximum atomic E-state index is 12.1. The average Bonchev–Trinajstić information content (AvgIpc) is 2.62. The lowest BCUT2D eigenvalue weighted by Crippen LogP contribution is -2.19. The topological polar surface area (TPSA) is 80.3 Å². The molecule has 25 heavy (non-hydrogen) atoms. The fourth-order valence-corrected chi connectivity index (χ4v) is 2.35. The molecule has 0 spiro atoms. The van der Waals surface area contributed by atoms with Crippen molar-refractivity contribution >= 4 is 34.3 Å². The second-order valence-corrected chi connectivity index (χ2v) is 5.29. The molecule has 0 unspecified atom stereocenters. The largest absolute Gasteiger partial charge is 0.462 e. The predicted octanol–water partition coefficient (Wildman–Crippen LogP) is 4.06. The molecule has 0 radical (unpaired) electrons. The number of benzene rings is 2. The number of amides is 2. The summed E-state index contributed by atoms with van der Waals surface area (Å²) in [5.41, 5.74) is 2.55. The zero-order valence-corrected chi connectivity index (χ0v) is 13.7. The summed E-state index contributed by atoms with van der Waals surface area (Å²) in [5.74, 6) is -0.386. The Morgan fingerprint density at radius 1 is 1.00 bits per heavy atom. The van der Waals surface area contributed by atoms with E-state index in [1.807, 2.05) is 24.3 Å². The minimum Gasteiger partial charge on any atom is -0.462 e. The lowest BCUT2D eigenvalue weighted by atomic mass is 10.2. The number of hydrogen-bond acceptors (Lipinski definition) is 4. The highest BCUT2D eigenvalue weighted by molar-refractivity contribution is 6.01. The maximum absolute atomic E-state index is 12.1. The number of aromatic nitrogens is 1. The van der Waals surface area contributed by atoms with Gasteiger partial charge in [0.1, 0.15) is 0 Å². The van der Waals surface area contributed by atoms with Crippen LogP contribution in [-0.4, -0.2) is 23.6 Å². The molecule has 2 N–H and O–H groups in total. The molecule has 0 bridgehead atoms. The Bertz CT molecular complexity index is 907. The van der Waals surface area contributed by atoms with Crippen LogP contribution < -0.4 is 10.6 Å². The van der Waals surface area contributed by atoms with E-state index in [4.69, 9.17) is 4.74 Å². The molecule has 126 valence electrons. The Labute approximate surface area is 144 Å². The summed E-state index contributed by atoms with van der Waals surface area (Å²) < 4.78 is 4.92. The summed E-state index contributed by atoms with van der Waals surface area (Å²) in [6.07, 6.45) is 1.72. The van der Waals surface area contributed by atoms with E-state index >= 15 is 0 Å². The van der Waals surface area contributed by atoms with Gasteiger partial charge in [-0.25, -0.2) is 9.59 Å².